The predicted molar refractivity (Wildman–Crippen MR) is 70.7 cm³/mol. The van der Waals surface area contributed by atoms with Gasteiger partial charge in [0.05, 0.1) is 21.5 Å². The van der Waals surface area contributed by atoms with Crippen molar-refractivity contribution in [3.8, 4) is 6.07 Å². The van der Waals surface area contributed by atoms with Gasteiger partial charge in [-0.15, -0.1) is 11.3 Å². The summed E-state index contributed by atoms with van der Waals surface area (Å²) in [7, 11) is 0. The lowest BCUT2D eigenvalue weighted by molar-refractivity contribution is 0.0811. The Labute approximate surface area is 114 Å². The first-order valence-corrected chi connectivity index (χ1v) is 7.00. The summed E-state index contributed by atoms with van der Waals surface area (Å²) in [6.07, 6.45) is 2.85. The molecular formula is C13H13N3O2S. The zero-order valence-electron chi connectivity index (χ0n) is 10.2. The number of nitriles is 1. The van der Waals surface area contributed by atoms with E-state index in [-0.39, 0.29) is 22.3 Å². The first-order valence-electron chi connectivity index (χ1n) is 6.18. The highest BCUT2D eigenvalue weighted by molar-refractivity contribution is 7.18. The first kappa shape index (κ1) is 12.2. The van der Waals surface area contributed by atoms with Crippen LogP contribution in [-0.4, -0.2) is 11.7 Å². The number of amides is 1. The molecule has 4 N–H and O–H groups in total. The van der Waals surface area contributed by atoms with Crippen molar-refractivity contribution in [3.63, 3.8) is 0 Å². The molecule has 1 amide bonds. The molecule has 0 bridgehead atoms. The maximum absolute atomic E-state index is 12.6. The number of Topliss-reactive ketones (excluding diaryl/α,β-unsaturated/α-hetero) is 1. The first-order chi connectivity index (χ1) is 9.01. The zero-order valence-corrected chi connectivity index (χ0v) is 11.0. The molecule has 98 valence electrons. The van der Waals surface area contributed by atoms with Gasteiger partial charge in [-0.05, 0) is 37.2 Å². The van der Waals surface area contributed by atoms with Gasteiger partial charge < -0.3 is 11.5 Å². The Morgan fingerprint density at radius 3 is 2.68 bits per heavy atom. The second-order valence-corrected chi connectivity index (χ2v) is 6.25. The second kappa shape index (κ2) is 3.81. The van der Waals surface area contributed by atoms with Crippen molar-refractivity contribution >= 4 is 28.0 Å². The summed E-state index contributed by atoms with van der Waals surface area (Å²) in [5, 5.41) is 9.73. The standard InChI is InChI=1S/C13H13N3O2S/c14-5-13(6-1-2-6)4-3-7-8(11(15)18)12(16)19-9(7)10(13)17/h6H,1-4,16H2,(H2,15,18). The van der Waals surface area contributed by atoms with Crippen LogP contribution in [0, 0.1) is 22.7 Å². The average molecular weight is 275 g/mol. The molecule has 0 saturated heterocycles. The number of fused-ring (bicyclic) bond motifs is 1. The van der Waals surface area contributed by atoms with E-state index in [0.29, 0.717) is 23.3 Å². The summed E-state index contributed by atoms with van der Waals surface area (Å²) in [6, 6.07) is 2.23. The predicted octanol–water partition coefficient (Wildman–Crippen LogP) is 1.48. The van der Waals surface area contributed by atoms with E-state index in [1.165, 1.54) is 0 Å². The number of hydrogen-bond acceptors (Lipinski definition) is 5. The van der Waals surface area contributed by atoms with Gasteiger partial charge in [0.1, 0.15) is 5.41 Å². The Balaban J connectivity index is 2.13. The van der Waals surface area contributed by atoms with Gasteiger partial charge in [-0.1, -0.05) is 0 Å². The van der Waals surface area contributed by atoms with Gasteiger partial charge in [-0.3, -0.25) is 9.59 Å². The second-order valence-electron chi connectivity index (χ2n) is 5.20. The number of ketones is 1. The summed E-state index contributed by atoms with van der Waals surface area (Å²) < 4.78 is 0. The zero-order chi connectivity index (χ0) is 13.8. The molecule has 1 saturated carbocycles. The molecule has 5 nitrogen and oxygen atoms in total. The molecule has 0 aromatic carbocycles. The van der Waals surface area contributed by atoms with Crippen LogP contribution in [0.25, 0.3) is 0 Å². The van der Waals surface area contributed by atoms with Crippen molar-refractivity contribution in [3.05, 3.63) is 16.0 Å². The molecule has 1 aromatic rings. The Kier molecular flexibility index (Phi) is 2.44. The third-order valence-corrected chi connectivity index (χ3v) is 5.20. The van der Waals surface area contributed by atoms with Crippen LogP contribution < -0.4 is 11.5 Å². The Morgan fingerprint density at radius 2 is 2.16 bits per heavy atom. The quantitative estimate of drug-likeness (QED) is 0.851. The monoisotopic (exact) mass is 275 g/mol. The number of nitrogen functional groups attached to an aromatic ring is 1. The van der Waals surface area contributed by atoms with Gasteiger partial charge >= 0.3 is 0 Å². The van der Waals surface area contributed by atoms with Gasteiger partial charge in [-0.2, -0.15) is 5.26 Å². The van der Waals surface area contributed by atoms with Gasteiger partial charge in [-0.25, -0.2) is 0 Å². The van der Waals surface area contributed by atoms with Gasteiger partial charge in [0.15, 0.2) is 5.78 Å². The molecule has 0 spiro atoms. The van der Waals surface area contributed by atoms with Gasteiger partial charge in [0.2, 0.25) is 0 Å². The summed E-state index contributed by atoms with van der Waals surface area (Å²) in [5.74, 6) is -0.597. The van der Waals surface area contributed by atoms with Crippen LogP contribution in [0.5, 0.6) is 0 Å². The molecule has 2 aliphatic carbocycles. The van der Waals surface area contributed by atoms with Gasteiger partial charge in [0, 0.05) is 0 Å². The SMILES string of the molecule is N#CC1(C2CC2)CCc2c(sc(N)c2C(N)=O)C1=O. The van der Waals surface area contributed by atoms with Crippen molar-refractivity contribution < 1.29 is 9.59 Å². The number of hydrogen-bond donors (Lipinski definition) is 2. The fourth-order valence-corrected chi connectivity index (χ4v) is 4.13. The van der Waals surface area contributed by atoms with Crippen molar-refractivity contribution in [1.29, 1.82) is 5.26 Å². The minimum atomic E-state index is -0.904. The molecule has 2 aliphatic rings. The van der Waals surface area contributed by atoms with E-state index in [4.69, 9.17) is 11.5 Å². The highest BCUT2D eigenvalue weighted by Crippen LogP contribution is 2.54. The number of anilines is 1. The molecule has 1 aromatic heterocycles. The molecule has 0 aliphatic heterocycles. The number of primary amides is 1. The molecule has 1 fully saturated rings. The molecule has 1 atom stereocenters. The summed E-state index contributed by atoms with van der Waals surface area (Å²) in [5.41, 5.74) is 11.1. The van der Waals surface area contributed by atoms with Gasteiger partial charge in [0.25, 0.3) is 5.91 Å². The molecule has 19 heavy (non-hydrogen) atoms. The van der Waals surface area contributed by atoms with Crippen LogP contribution in [0.4, 0.5) is 5.00 Å². The van der Waals surface area contributed by atoms with E-state index in [1.807, 2.05) is 0 Å². The summed E-state index contributed by atoms with van der Waals surface area (Å²) in [4.78, 5) is 24.5. The van der Waals surface area contributed by atoms with E-state index in [0.717, 1.165) is 24.2 Å². The highest BCUT2D eigenvalue weighted by Gasteiger charge is 2.54. The smallest absolute Gasteiger partial charge is 0.251 e. The number of nitrogens with zero attached hydrogens (tertiary/aromatic N) is 1. The third kappa shape index (κ3) is 1.51. The molecule has 0 radical (unpaired) electrons. The van der Waals surface area contributed by atoms with E-state index in [9.17, 15) is 14.9 Å². The van der Waals surface area contributed by atoms with E-state index >= 15 is 0 Å². The molecule has 3 rings (SSSR count). The van der Waals surface area contributed by atoms with Crippen LogP contribution >= 0.6 is 11.3 Å². The molecule has 1 heterocycles. The van der Waals surface area contributed by atoms with Crippen LogP contribution in [0.1, 0.15) is 44.9 Å². The van der Waals surface area contributed by atoms with E-state index in [2.05, 4.69) is 6.07 Å². The number of nitrogens with two attached hydrogens (primary N) is 2. The minimum absolute atomic E-state index is 0.164. The Morgan fingerprint density at radius 1 is 1.47 bits per heavy atom. The van der Waals surface area contributed by atoms with Crippen LogP contribution in [-0.2, 0) is 6.42 Å². The van der Waals surface area contributed by atoms with Crippen molar-refractivity contribution in [2.24, 2.45) is 17.1 Å². The summed E-state index contributed by atoms with van der Waals surface area (Å²) >= 11 is 1.09. The highest BCUT2D eigenvalue weighted by atomic mass is 32.1. The van der Waals surface area contributed by atoms with Crippen molar-refractivity contribution in [2.45, 2.75) is 25.7 Å². The van der Waals surface area contributed by atoms with E-state index in [1.54, 1.807) is 0 Å². The lowest BCUT2D eigenvalue weighted by atomic mass is 9.70. The molecule has 1 unspecified atom stereocenters. The lowest BCUT2D eigenvalue weighted by Gasteiger charge is -2.29. The Hall–Kier alpha value is -1.87. The van der Waals surface area contributed by atoms with E-state index < -0.39 is 11.3 Å². The van der Waals surface area contributed by atoms with Crippen molar-refractivity contribution in [2.75, 3.05) is 5.73 Å². The molecule has 6 heteroatoms. The number of carbonyl (C=O) groups excluding carboxylic acids is 2. The number of thiophene rings is 1. The molecular weight excluding hydrogens is 262 g/mol. The largest absolute Gasteiger partial charge is 0.390 e. The van der Waals surface area contributed by atoms with Crippen LogP contribution in [0.15, 0.2) is 0 Å². The number of rotatable bonds is 2. The average Bonchev–Trinajstić information content (AvgIpc) is 3.14. The fourth-order valence-electron chi connectivity index (χ4n) is 2.98. The van der Waals surface area contributed by atoms with Crippen molar-refractivity contribution in [1.82, 2.24) is 0 Å². The van der Waals surface area contributed by atoms with Crippen LogP contribution in [0.2, 0.25) is 0 Å². The Bertz CT molecular complexity index is 639. The fraction of sp³-hybridized carbons (Fsp3) is 0.462. The van der Waals surface area contributed by atoms with Crippen LogP contribution in [0.3, 0.4) is 0 Å². The lowest BCUT2D eigenvalue weighted by Crippen LogP contribution is -2.36. The maximum atomic E-state index is 12.6. The topological polar surface area (TPSA) is 110 Å². The normalized spacial score (nSPS) is 25.7. The summed E-state index contributed by atoms with van der Waals surface area (Å²) in [6.45, 7) is 0. The number of carbonyl (C=O) groups is 2. The third-order valence-electron chi connectivity index (χ3n) is 4.14. The maximum Gasteiger partial charge on any atom is 0.251 e. The minimum Gasteiger partial charge on any atom is -0.390 e.